The number of nitrogens with zero attached hydrogens (tertiary/aromatic N) is 3. The maximum Gasteiger partial charge on any atom is 0.305 e. The Kier molecular flexibility index (Phi) is 55.0. The van der Waals surface area contributed by atoms with E-state index >= 15 is 14.4 Å². The number of imidazole rings is 1. The number of aliphatic carboxylic acids is 1. The Labute approximate surface area is 869 Å². The van der Waals surface area contributed by atoms with Gasteiger partial charge in [0.15, 0.2) is 11.9 Å². The first kappa shape index (κ1) is 125. The van der Waals surface area contributed by atoms with E-state index in [1.807, 2.05) is 0 Å². The number of amides is 19. The third kappa shape index (κ3) is 45.4. The van der Waals surface area contributed by atoms with Gasteiger partial charge in [-0.15, -0.1) is 0 Å². The van der Waals surface area contributed by atoms with Crippen molar-refractivity contribution in [3.63, 3.8) is 0 Å². The predicted molar refractivity (Wildman–Crippen MR) is 544 cm³/mol. The van der Waals surface area contributed by atoms with Crippen LogP contribution in [-0.4, -0.2) is 326 Å². The lowest BCUT2D eigenvalue weighted by molar-refractivity contribution is -0.148. The Morgan fingerprint density at radius 3 is 1.24 bits per heavy atom. The Bertz CT molecular complexity index is 5020. The molecule has 3 heterocycles. The van der Waals surface area contributed by atoms with Gasteiger partial charge in [0.05, 0.1) is 37.6 Å². The monoisotopic (exact) mass is 2110 g/mol. The lowest BCUT2D eigenvalue weighted by Gasteiger charge is -2.34. The highest BCUT2D eigenvalue weighted by Crippen LogP contribution is 2.28. The normalized spacial score (nSPS) is 16.0. The summed E-state index contributed by atoms with van der Waals surface area (Å²) < 4.78 is 0. The second-order valence-corrected chi connectivity index (χ2v) is 37.9. The fourth-order valence-corrected chi connectivity index (χ4v) is 16.6. The number of nitrogens with one attached hydrogen (secondary N) is 20. The molecule has 0 bridgehead atoms. The van der Waals surface area contributed by atoms with Crippen molar-refractivity contribution in [3.8, 4) is 11.5 Å². The molecular formula is C96H154N30O24. The molecule has 16 atom stereocenters. The quantitative estimate of drug-likeness (QED) is 0.0142. The molecule has 2 saturated heterocycles. The number of phenols is 2. The number of guanidine groups is 2. The highest BCUT2D eigenvalue weighted by Gasteiger charge is 2.47. The highest BCUT2D eigenvalue weighted by molar-refractivity contribution is 6.02. The molecule has 19 amide bonds. The van der Waals surface area contributed by atoms with Gasteiger partial charge in [-0.05, 0) is 202 Å². The summed E-state index contributed by atoms with van der Waals surface area (Å²) in [4.78, 5) is 291. The van der Waals surface area contributed by atoms with Crippen LogP contribution in [0.4, 0.5) is 0 Å². The molecule has 38 N–H and O–H groups in total. The van der Waals surface area contributed by atoms with E-state index in [9.17, 15) is 102 Å². The first-order valence-corrected chi connectivity index (χ1v) is 50.5. The minimum Gasteiger partial charge on any atom is -0.508 e. The topological polar surface area (TPSA) is 892 Å². The second kappa shape index (κ2) is 65.7. The summed E-state index contributed by atoms with van der Waals surface area (Å²) in [7, 11) is 0. The van der Waals surface area contributed by atoms with Crippen LogP contribution in [0.15, 0.2) is 61.1 Å². The van der Waals surface area contributed by atoms with Gasteiger partial charge >= 0.3 is 5.97 Å². The van der Waals surface area contributed by atoms with Crippen LogP contribution in [0.25, 0.3) is 0 Å². The van der Waals surface area contributed by atoms with Crippen molar-refractivity contribution in [1.29, 1.82) is 10.8 Å². The molecule has 0 radical (unpaired) electrons. The lowest BCUT2D eigenvalue weighted by Crippen LogP contribution is -2.62. The Morgan fingerprint density at radius 2 is 0.800 bits per heavy atom. The van der Waals surface area contributed by atoms with Gasteiger partial charge < -0.3 is 166 Å². The number of hydrogen-bond acceptors (Lipinski definition) is 29. The molecule has 54 nitrogen and oxygen atoms in total. The van der Waals surface area contributed by atoms with Gasteiger partial charge in [0, 0.05) is 64.5 Å². The molecule has 2 aliphatic rings. The van der Waals surface area contributed by atoms with E-state index in [2.05, 4.69) is 100 Å². The van der Waals surface area contributed by atoms with Crippen LogP contribution in [0.5, 0.6) is 11.5 Å². The van der Waals surface area contributed by atoms with Crippen molar-refractivity contribution in [2.24, 2.45) is 52.0 Å². The van der Waals surface area contributed by atoms with Crippen molar-refractivity contribution >= 4 is 130 Å². The van der Waals surface area contributed by atoms with E-state index in [4.69, 9.17) is 51.0 Å². The smallest absolute Gasteiger partial charge is 0.305 e. The van der Waals surface area contributed by atoms with E-state index < -0.39 is 260 Å². The van der Waals surface area contributed by atoms with E-state index in [1.165, 1.54) is 70.9 Å². The third-order valence-corrected chi connectivity index (χ3v) is 24.6. The first-order valence-electron chi connectivity index (χ1n) is 50.5. The molecule has 0 saturated carbocycles. The van der Waals surface area contributed by atoms with Crippen LogP contribution in [-0.2, 0) is 115 Å². The van der Waals surface area contributed by atoms with Crippen molar-refractivity contribution in [2.45, 2.75) is 305 Å². The molecule has 832 valence electrons. The summed E-state index contributed by atoms with van der Waals surface area (Å²) in [5, 5.41) is 100. The summed E-state index contributed by atoms with van der Waals surface area (Å²) in [5.74, 6) is -20.9. The number of unbranched alkanes of at least 4 members (excludes halogenated alkanes) is 3. The number of carbonyl (C=O) groups excluding carboxylic acids is 19. The molecule has 150 heavy (non-hydrogen) atoms. The zero-order valence-corrected chi connectivity index (χ0v) is 85.8. The number of carboxylic acids is 1. The number of aliphatic hydroxyl groups is 1. The van der Waals surface area contributed by atoms with Gasteiger partial charge in [0.25, 0.3) is 0 Å². The number of aromatic hydroxyl groups is 2. The molecule has 0 unspecified atom stereocenters. The van der Waals surface area contributed by atoms with Crippen LogP contribution in [0, 0.1) is 22.7 Å². The van der Waals surface area contributed by atoms with Gasteiger partial charge in [0.2, 0.25) is 112 Å². The number of H-pyrrole nitrogens is 1. The second-order valence-electron chi connectivity index (χ2n) is 37.9. The average molecular weight is 2110 g/mol. The van der Waals surface area contributed by atoms with Crippen molar-refractivity contribution in [3.05, 3.63) is 77.9 Å². The molecule has 54 heteroatoms. The van der Waals surface area contributed by atoms with E-state index in [0.29, 0.717) is 24.0 Å². The Hall–Kier alpha value is -15.0. The van der Waals surface area contributed by atoms with Crippen LogP contribution < -0.4 is 131 Å². The van der Waals surface area contributed by atoms with Crippen LogP contribution >= 0.6 is 0 Å². The number of nitrogens with two attached hydrogens (primary N) is 7. The first-order chi connectivity index (χ1) is 71.1. The number of aliphatic hydroxyl groups excluding tert-OH is 1. The molecular weight excluding hydrogens is 1960 g/mol. The summed E-state index contributed by atoms with van der Waals surface area (Å²) in [6.45, 7) is 8.88. The van der Waals surface area contributed by atoms with E-state index in [0.717, 1.165) is 6.92 Å². The van der Waals surface area contributed by atoms with Gasteiger partial charge in [-0.3, -0.25) is 107 Å². The van der Waals surface area contributed by atoms with Crippen LogP contribution in [0.2, 0.25) is 0 Å². The number of aromatic nitrogens is 2. The van der Waals surface area contributed by atoms with Gasteiger partial charge in [-0.2, -0.15) is 0 Å². The van der Waals surface area contributed by atoms with Crippen LogP contribution in [0.1, 0.15) is 206 Å². The fraction of sp³-hybridized carbons (Fsp3) is 0.615. The molecule has 2 aliphatic heterocycles. The van der Waals surface area contributed by atoms with Crippen molar-refractivity contribution < 1.29 is 116 Å². The number of carbonyl (C=O) groups is 20. The number of likely N-dealkylation sites (tertiary alicyclic amines) is 2. The predicted octanol–water partition coefficient (Wildman–Crippen LogP) is -7.61. The SMILES string of the molecule is CCC(=O)NCC(=O)NCC(=O)N[C@@H](Cc1ccc(O)cc1)C(=O)N[C@@H](CCC(N)=O)C(=O)N[C@@H](CCCCN)C(=O)N[C@@H](CCCCN)C(=O)N[C@@H](CC(C)C)C(=O)N[C@@H](CCCNC(=N)N)C(=O)N1CCC[C@H]1C(=O)N1CCC[C@H]1C(=O)N[C@@H](Cc1c[nH]cn1)C(=O)N[C@H](C(=O)N[C@@H](CC(=O)O)C(=O)N[C@@H](CCCCN)C(=O)N[C@@H](Cc1ccc(O)cc1)C(=O)N[C@@H](CCCNC(=N)N)C(=O)N[C@@H](CC(C)C)C(N)=O)[C@@H](C)O. The number of hydrogen-bond donors (Lipinski definition) is 31. The number of carboxylic acid groups (broad SMARTS) is 1. The molecule has 3 aromatic rings. The molecule has 0 spiro atoms. The number of benzene rings is 2. The third-order valence-electron chi connectivity index (χ3n) is 24.6. The Balaban J connectivity index is 1.39. The van der Waals surface area contributed by atoms with Crippen molar-refractivity contribution in [2.75, 3.05) is 58.9 Å². The highest BCUT2D eigenvalue weighted by atomic mass is 16.4. The molecule has 1 aromatic heterocycles. The maximum absolute atomic E-state index is 15.4. The van der Waals surface area contributed by atoms with Crippen molar-refractivity contribution in [1.82, 2.24) is 110 Å². The van der Waals surface area contributed by atoms with E-state index in [-0.39, 0.29) is 209 Å². The van der Waals surface area contributed by atoms with Gasteiger partial charge in [-0.25, -0.2) is 4.98 Å². The largest absolute Gasteiger partial charge is 0.508 e. The lowest BCUT2D eigenvalue weighted by atomic mass is 10.00. The number of primary amides is 2. The summed E-state index contributed by atoms with van der Waals surface area (Å²) in [6.07, 6.45) is -0.790. The van der Waals surface area contributed by atoms with Gasteiger partial charge in [0.1, 0.15) is 102 Å². The number of rotatable bonds is 69. The zero-order valence-electron chi connectivity index (χ0n) is 85.8. The standard InChI is InChI=1S/C96H154N30O24/c1-7-75(131)109-49-76(132)110-50-77(133)112-68(44-55-25-29-58(128)30-26-55)87(143)117-64(33-34-74(100)130)85(141)114-60(18-8-11-35-97)81(137)113-61(19-9-12-36-98)83(139)120-67(43-53(4)5)86(142)118-65(22-15-39-108-96(104)105)93(149)126-41-17-24-73(126)94(150)125-40-16-23-72(125)91(147)122-70(46-57-48-106-51-111-57)90(146)124-79(54(6)127)92(148)123-71(47-78(134)135)89(145)115-62(20-10-13-37-99)84(140)121-69(45-56-27-31-59(129)32-28-56)88(144)116-63(21-14-38-107-95(102)103)82(138)119-66(80(101)136)42-52(2)3/h25-32,48,51-54,60-73,79,127-129H,7-24,33-47,49-50,97-99H2,1-6H3,(H2,100,130)(H2,101,136)(H,106,111)(H,109,131)(H,110,132)(H,112,133)(H,113,137)(H,114,141)(H,115,145)(H,116,144)(H,117,143)(H,118,142)(H,119,138)(H,120,139)(H,121,140)(H,122,147)(H,123,148)(H,124,146)(H,134,135)(H4,102,103,107)(H4,104,105,108)/t54-,60+,61+,62+,63+,64+,65+,66+,67+,68+,69+,70+,71+,72+,73+,79+/m1/s1. The fourth-order valence-electron chi connectivity index (χ4n) is 16.6. The summed E-state index contributed by atoms with van der Waals surface area (Å²) in [6, 6.07) is -12.3. The zero-order chi connectivity index (χ0) is 111. The number of phenolic OH excluding ortho intramolecular Hbond substituents is 2. The molecule has 5 rings (SSSR count). The molecule has 2 fully saturated rings. The summed E-state index contributed by atoms with van der Waals surface area (Å²) in [5.41, 5.74) is 40.9. The molecule has 0 aliphatic carbocycles. The molecule has 2 aromatic carbocycles. The van der Waals surface area contributed by atoms with E-state index in [1.54, 1.807) is 34.6 Å². The van der Waals surface area contributed by atoms with Gasteiger partial charge in [-0.1, -0.05) is 58.9 Å². The maximum atomic E-state index is 15.4. The minimum atomic E-state index is -2.10. The number of aromatic amines is 1. The van der Waals surface area contributed by atoms with Crippen LogP contribution in [0.3, 0.4) is 0 Å². The summed E-state index contributed by atoms with van der Waals surface area (Å²) >= 11 is 0. The average Bonchev–Trinajstić information content (AvgIpc) is 1.64. The Morgan fingerprint density at radius 1 is 0.420 bits per heavy atom. The minimum absolute atomic E-state index is 0.00132.